The van der Waals surface area contributed by atoms with Crippen LogP contribution < -0.4 is 0 Å². The maximum atomic E-state index is 13.3. The molecule has 1 aromatic rings. The lowest BCUT2D eigenvalue weighted by atomic mass is 9.85. The molecule has 2 fully saturated rings. The van der Waals surface area contributed by atoms with Crippen molar-refractivity contribution in [1.29, 1.82) is 0 Å². The van der Waals surface area contributed by atoms with Crippen molar-refractivity contribution in [2.24, 2.45) is 5.92 Å². The molecule has 1 aromatic carbocycles. The molecule has 2 aliphatic rings. The first-order valence-corrected chi connectivity index (χ1v) is 8.36. The van der Waals surface area contributed by atoms with E-state index in [0.29, 0.717) is 38.9 Å². The Balaban J connectivity index is 1.57. The third-order valence-corrected chi connectivity index (χ3v) is 5.12. The number of aliphatic hydroxyl groups is 1. The summed E-state index contributed by atoms with van der Waals surface area (Å²) < 4.78 is 13.3. The van der Waals surface area contributed by atoms with E-state index < -0.39 is 5.60 Å². The fraction of sp³-hybridized carbons (Fsp3) is 0.556. The van der Waals surface area contributed by atoms with E-state index >= 15 is 0 Å². The summed E-state index contributed by atoms with van der Waals surface area (Å²) in [5, 5.41) is 10.7. The Morgan fingerprint density at radius 3 is 2.67 bits per heavy atom. The number of hydrogen-bond donors (Lipinski definition) is 1. The lowest BCUT2D eigenvalue weighted by molar-refractivity contribution is -0.139. The normalized spacial score (nSPS) is 23.6. The fourth-order valence-electron chi connectivity index (χ4n) is 3.63. The number of amides is 2. The second kappa shape index (κ2) is 6.51. The van der Waals surface area contributed by atoms with E-state index in [1.165, 1.54) is 12.1 Å². The Bertz CT molecular complexity index is 641. The number of benzene rings is 1. The molecular weight excluding hydrogens is 311 g/mol. The lowest BCUT2D eigenvalue weighted by Crippen LogP contribution is -2.49. The molecule has 0 saturated carbocycles. The number of carbonyl (C=O) groups excluding carboxylic acids is 2. The first kappa shape index (κ1) is 16.9. The van der Waals surface area contributed by atoms with Crippen LogP contribution in [0.5, 0.6) is 0 Å². The second-order valence-electron chi connectivity index (χ2n) is 7.03. The Kier molecular flexibility index (Phi) is 4.58. The summed E-state index contributed by atoms with van der Waals surface area (Å²) in [4.78, 5) is 27.4. The van der Waals surface area contributed by atoms with Gasteiger partial charge in [0, 0.05) is 39.5 Å². The molecule has 130 valence electrons. The summed E-state index contributed by atoms with van der Waals surface area (Å²) >= 11 is 0. The van der Waals surface area contributed by atoms with Gasteiger partial charge in [0.1, 0.15) is 5.82 Å². The highest BCUT2D eigenvalue weighted by molar-refractivity contribution is 5.89. The molecule has 5 nitrogen and oxygen atoms in total. The van der Waals surface area contributed by atoms with Crippen LogP contribution in [0.15, 0.2) is 24.3 Å². The van der Waals surface area contributed by atoms with Crippen molar-refractivity contribution in [2.75, 3.05) is 26.7 Å². The van der Waals surface area contributed by atoms with Crippen LogP contribution in [0.25, 0.3) is 0 Å². The van der Waals surface area contributed by atoms with Crippen LogP contribution >= 0.6 is 0 Å². The standard InChI is InChI=1S/C18H23FN2O3/c1-20-12-14(10-16(20)22)17(23)21-7-5-18(24,6-8-21)11-13-3-2-4-15(19)9-13/h2-4,9,14,24H,5-8,10-12H2,1H3/t14-/m1/s1. The molecule has 0 unspecified atom stereocenters. The van der Waals surface area contributed by atoms with Crippen molar-refractivity contribution in [2.45, 2.75) is 31.3 Å². The maximum Gasteiger partial charge on any atom is 0.227 e. The summed E-state index contributed by atoms with van der Waals surface area (Å²) in [5.41, 5.74) is -0.146. The van der Waals surface area contributed by atoms with Crippen molar-refractivity contribution >= 4 is 11.8 Å². The quantitative estimate of drug-likeness (QED) is 0.904. The SMILES string of the molecule is CN1C[C@H](C(=O)N2CCC(O)(Cc3cccc(F)c3)CC2)CC1=O. The van der Waals surface area contributed by atoms with Gasteiger partial charge in [0.25, 0.3) is 0 Å². The Morgan fingerprint density at radius 2 is 2.08 bits per heavy atom. The number of piperidine rings is 1. The molecule has 2 heterocycles. The lowest BCUT2D eigenvalue weighted by Gasteiger charge is -2.39. The molecule has 3 rings (SSSR count). The third kappa shape index (κ3) is 3.59. The highest BCUT2D eigenvalue weighted by Gasteiger charge is 2.39. The van der Waals surface area contributed by atoms with Crippen molar-refractivity contribution < 1.29 is 19.1 Å². The topological polar surface area (TPSA) is 60.9 Å². The molecule has 0 bridgehead atoms. The molecular formula is C18H23FN2O3. The largest absolute Gasteiger partial charge is 0.389 e. The Hall–Kier alpha value is -1.95. The molecule has 6 heteroatoms. The summed E-state index contributed by atoms with van der Waals surface area (Å²) in [6.45, 7) is 1.42. The maximum absolute atomic E-state index is 13.3. The van der Waals surface area contributed by atoms with E-state index in [4.69, 9.17) is 0 Å². The van der Waals surface area contributed by atoms with Crippen molar-refractivity contribution in [1.82, 2.24) is 9.80 Å². The van der Waals surface area contributed by atoms with Gasteiger partial charge in [-0.2, -0.15) is 0 Å². The summed E-state index contributed by atoms with van der Waals surface area (Å²) in [6.07, 6.45) is 1.59. The minimum Gasteiger partial charge on any atom is -0.389 e. The summed E-state index contributed by atoms with van der Waals surface area (Å²) in [7, 11) is 1.71. The molecule has 2 saturated heterocycles. The predicted molar refractivity (Wildman–Crippen MR) is 86.6 cm³/mol. The van der Waals surface area contributed by atoms with Gasteiger partial charge in [0.05, 0.1) is 11.5 Å². The van der Waals surface area contributed by atoms with E-state index in [9.17, 15) is 19.1 Å². The molecule has 0 spiro atoms. The molecule has 0 aliphatic carbocycles. The van der Waals surface area contributed by atoms with Crippen molar-refractivity contribution in [3.8, 4) is 0 Å². The van der Waals surface area contributed by atoms with Crippen molar-refractivity contribution in [3.63, 3.8) is 0 Å². The van der Waals surface area contributed by atoms with Gasteiger partial charge in [-0.25, -0.2) is 4.39 Å². The second-order valence-corrected chi connectivity index (χ2v) is 7.03. The zero-order chi connectivity index (χ0) is 17.3. The van der Waals surface area contributed by atoms with Crippen LogP contribution in [0.1, 0.15) is 24.8 Å². The van der Waals surface area contributed by atoms with Gasteiger partial charge in [-0.1, -0.05) is 12.1 Å². The number of rotatable bonds is 3. The van der Waals surface area contributed by atoms with Crippen LogP contribution in [0, 0.1) is 11.7 Å². The monoisotopic (exact) mass is 334 g/mol. The van der Waals surface area contributed by atoms with Crippen LogP contribution in [-0.4, -0.2) is 59.0 Å². The van der Waals surface area contributed by atoms with Crippen LogP contribution in [0.2, 0.25) is 0 Å². The van der Waals surface area contributed by atoms with Crippen LogP contribution in [-0.2, 0) is 16.0 Å². The first-order chi connectivity index (χ1) is 11.4. The molecule has 1 N–H and O–H groups in total. The minimum absolute atomic E-state index is 0.000468. The first-order valence-electron chi connectivity index (χ1n) is 8.36. The average molecular weight is 334 g/mol. The number of hydrogen-bond acceptors (Lipinski definition) is 3. The fourth-order valence-corrected chi connectivity index (χ4v) is 3.63. The zero-order valence-corrected chi connectivity index (χ0v) is 13.9. The smallest absolute Gasteiger partial charge is 0.227 e. The van der Waals surface area contributed by atoms with E-state index in [2.05, 4.69) is 0 Å². The summed E-state index contributed by atoms with van der Waals surface area (Å²) in [6, 6.07) is 6.27. The number of likely N-dealkylation sites (tertiary alicyclic amines) is 2. The van der Waals surface area contributed by atoms with E-state index in [1.54, 1.807) is 29.0 Å². The van der Waals surface area contributed by atoms with Gasteiger partial charge in [-0.05, 0) is 30.5 Å². The minimum atomic E-state index is -0.910. The van der Waals surface area contributed by atoms with Gasteiger partial charge >= 0.3 is 0 Å². The summed E-state index contributed by atoms with van der Waals surface area (Å²) in [5.74, 6) is -0.566. The Labute approximate surface area is 141 Å². The van der Waals surface area contributed by atoms with Gasteiger partial charge < -0.3 is 14.9 Å². The van der Waals surface area contributed by atoms with Gasteiger partial charge in [0.15, 0.2) is 0 Å². The zero-order valence-electron chi connectivity index (χ0n) is 13.9. The molecule has 1 atom stereocenters. The van der Waals surface area contributed by atoms with Gasteiger partial charge in [-0.3, -0.25) is 9.59 Å². The molecule has 24 heavy (non-hydrogen) atoms. The predicted octanol–water partition coefficient (Wildman–Crippen LogP) is 1.20. The molecule has 2 amide bonds. The molecule has 2 aliphatic heterocycles. The van der Waals surface area contributed by atoms with Gasteiger partial charge in [-0.15, -0.1) is 0 Å². The molecule has 0 aromatic heterocycles. The highest BCUT2D eigenvalue weighted by atomic mass is 19.1. The Morgan fingerprint density at radius 1 is 1.38 bits per heavy atom. The third-order valence-electron chi connectivity index (χ3n) is 5.12. The van der Waals surface area contributed by atoms with Crippen LogP contribution in [0.4, 0.5) is 4.39 Å². The van der Waals surface area contributed by atoms with E-state index in [0.717, 1.165) is 5.56 Å². The van der Waals surface area contributed by atoms with Crippen molar-refractivity contribution in [3.05, 3.63) is 35.6 Å². The highest BCUT2D eigenvalue weighted by Crippen LogP contribution is 2.28. The van der Waals surface area contributed by atoms with E-state index in [1.807, 2.05) is 0 Å². The average Bonchev–Trinajstić information content (AvgIpc) is 2.86. The number of nitrogens with zero attached hydrogens (tertiary/aromatic N) is 2. The van der Waals surface area contributed by atoms with E-state index in [-0.39, 0.29) is 30.0 Å². The molecule has 0 radical (unpaired) electrons. The number of halogens is 1. The van der Waals surface area contributed by atoms with Gasteiger partial charge in [0.2, 0.25) is 11.8 Å². The number of carbonyl (C=O) groups is 2. The van der Waals surface area contributed by atoms with Crippen LogP contribution in [0.3, 0.4) is 0 Å².